The van der Waals surface area contributed by atoms with Gasteiger partial charge in [-0.25, -0.2) is 4.79 Å². The number of hydrogen-bond acceptors (Lipinski definition) is 4. The summed E-state index contributed by atoms with van der Waals surface area (Å²) in [4.78, 5) is 16.4. The van der Waals surface area contributed by atoms with Crippen molar-refractivity contribution in [1.29, 1.82) is 0 Å². The van der Waals surface area contributed by atoms with E-state index in [1.54, 1.807) is 0 Å². The predicted molar refractivity (Wildman–Crippen MR) is 75.3 cm³/mol. The highest BCUT2D eigenvalue weighted by molar-refractivity contribution is 5.68. The Morgan fingerprint density at radius 3 is 2.63 bits per heavy atom. The third kappa shape index (κ3) is 3.83. The van der Waals surface area contributed by atoms with Gasteiger partial charge in [-0.15, -0.1) is 0 Å². The Morgan fingerprint density at radius 1 is 1.26 bits per heavy atom. The Morgan fingerprint density at radius 2 is 2.00 bits per heavy atom. The van der Waals surface area contributed by atoms with Crippen LogP contribution in [-0.4, -0.2) is 66.8 Å². The molecule has 5 nitrogen and oxygen atoms in total. The zero-order valence-electron chi connectivity index (χ0n) is 12.7. The van der Waals surface area contributed by atoms with E-state index in [0.717, 1.165) is 39.1 Å². The first-order valence-corrected chi connectivity index (χ1v) is 7.21. The highest BCUT2D eigenvalue weighted by Gasteiger charge is 2.40. The van der Waals surface area contributed by atoms with Crippen molar-refractivity contribution in [2.75, 3.05) is 39.8 Å². The van der Waals surface area contributed by atoms with E-state index in [2.05, 4.69) is 17.3 Å². The molecule has 0 bridgehead atoms. The Kier molecular flexibility index (Phi) is 4.06. The number of carbonyl (C=O) groups excluding carboxylic acids is 1. The summed E-state index contributed by atoms with van der Waals surface area (Å²) in [5, 5.41) is 3.62. The van der Waals surface area contributed by atoms with Gasteiger partial charge in [-0.2, -0.15) is 0 Å². The van der Waals surface area contributed by atoms with Gasteiger partial charge in [0.05, 0.1) is 0 Å². The van der Waals surface area contributed by atoms with Gasteiger partial charge < -0.3 is 19.9 Å². The molecule has 0 aliphatic carbocycles. The third-order valence-electron chi connectivity index (χ3n) is 3.79. The number of rotatable bonds is 0. The maximum atomic E-state index is 12.2. The molecule has 1 atom stereocenters. The number of amides is 1. The van der Waals surface area contributed by atoms with Crippen molar-refractivity contribution in [2.24, 2.45) is 0 Å². The van der Waals surface area contributed by atoms with E-state index >= 15 is 0 Å². The fraction of sp³-hybridized carbons (Fsp3) is 0.929. The summed E-state index contributed by atoms with van der Waals surface area (Å²) >= 11 is 0. The second kappa shape index (κ2) is 5.29. The van der Waals surface area contributed by atoms with Crippen LogP contribution in [0.2, 0.25) is 0 Å². The molecule has 2 heterocycles. The van der Waals surface area contributed by atoms with Crippen molar-refractivity contribution < 1.29 is 9.53 Å². The van der Waals surface area contributed by atoms with Crippen molar-refractivity contribution in [3.8, 4) is 0 Å². The van der Waals surface area contributed by atoms with Crippen LogP contribution >= 0.6 is 0 Å². The van der Waals surface area contributed by atoms with E-state index < -0.39 is 5.60 Å². The van der Waals surface area contributed by atoms with Crippen LogP contribution in [0.15, 0.2) is 0 Å². The molecule has 110 valence electrons. The second-order valence-electron chi connectivity index (χ2n) is 6.95. The van der Waals surface area contributed by atoms with Crippen LogP contribution in [0.5, 0.6) is 0 Å². The average molecular weight is 269 g/mol. The number of ether oxygens (including phenoxy) is 1. The van der Waals surface area contributed by atoms with E-state index in [-0.39, 0.29) is 11.6 Å². The number of nitrogens with zero attached hydrogens (tertiary/aromatic N) is 2. The first kappa shape index (κ1) is 14.6. The molecule has 0 aromatic carbocycles. The quantitative estimate of drug-likeness (QED) is 0.720. The topological polar surface area (TPSA) is 44.8 Å². The summed E-state index contributed by atoms with van der Waals surface area (Å²) in [5.74, 6) is 0. The van der Waals surface area contributed by atoms with Gasteiger partial charge in [-0.1, -0.05) is 0 Å². The number of likely N-dealkylation sites (N-methyl/N-ethyl adjacent to an activating group) is 1. The van der Waals surface area contributed by atoms with Gasteiger partial charge in [-0.05, 0) is 47.2 Å². The lowest BCUT2D eigenvalue weighted by atomic mass is 9.87. The molecule has 2 saturated heterocycles. The maximum absolute atomic E-state index is 12.2. The van der Waals surface area contributed by atoms with Gasteiger partial charge in [0, 0.05) is 31.7 Å². The second-order valence-corrected chi connectivity index (χ2v) is 6.95. The van der Waals surface area contributed by atoms with Gasteiger partial charge in [0.2, 0.25) is 0 Å². The monoisotopic (exact) mass is 269 g/mol. The Labute approximate surface area is 116 Å². The number of carbonyl (C=O) groups is 1. The number of hydrogen-bond donors (Lipinski definition) is 1. The molecule has 1 N–H and O–H groups in total. The van der Waals surface area contributed by atoms with Gasteiger partial charge >= 0.3 is 6.09 Å². The zero-order chi connectivity index (χ0) is 14.1. The Bertz CT molecular complexity index is 336. The number of likely N-dealkylation sites (tertiary alicyclic amines) is 1. The third-order valence-corrected chi connectivity index (χ3v) is 3.79. The average Bonchev–Trinajstić information content (AvgIpc) is 2.26. The molecule has 1 spiro atoms. The molecule has 0 aromatic heterocycles. The molecule has 2 aliphatic heterocycles. The van der Waals surface area contributed by atoms with Crippen LogP contribution < -0.4 is 5.32 Å². The van der Waals surface area contributed by atoms with Gasteiger partial charge in [-0.3, -0.25) is 0 Å². The van der Waals surface area contributed by atoms with Crippen LogP contribution in [0.4, 0.5) is 4.79 Å². The molecule has 0 radical (unpaired) electrons. The molecule has 19 heavy (non-hydrogen) atoms. The molecule has 2 aliphatic rings. The lowest BCUT2D eigenvalue weighted by Gasteiger charge is -2.48. The minimum absolute atomic E-state index is 0.0577. The molecule has 0 saturated carbocycles. The first-order chi connectivity index (χ1) is 8.80. The maximum Gasteiger partial charge on any atom is 0.410 e. The standard InChI is InChI=1S/C14H27N3O2/c1-13(2,3)19-12(18)17-9-7-15-14(11-17)6-5-8-16(4)10-14/h15H,5-11H2,1-4H3. The summed E-state index contributed by atoms with van der Waals surface area (Å²) in [6.45, 7) is 10.2. The molecule has 1 amide bonds. The minimum Gasteiger partial charge on any atom is -0.444 e. The van der Waals surface area contributed by atoms with Gasteiger partial charge in [0.15, 0.2) is 0 Å². The Balaban J connectivity index is 1.98. The molecule has 2 rings (SSSR count). The molecular formula is C14H27N3O2. The normalized spacial score (nSPS) is 29.6. The number of piperidine rings is 1. The molecular weight excluding hydrogens is 242 g/mol. The van der Waals surface area contributed by atoms with Crippen molar-refractivity contribution >= 4 is 6.09 Å². The van der Waals surface area contributed by atoms with Crippen LogP contribution in [0.25, 0.3) is 0 Å². The highest BCUT2D eigenvalue weighted by atomic mass is 16.6. The minimum atomic E-state index is -0.418. The fourth-order valence-electron chi connectivity index (χ4n) is 3.07. The van der Waals surface area contributed by atoms with Gasteiger partial charge in [0.25, 0.3) is 0 Å². The lowest BCUT2D eigenvalue weighted by Crippen LogP contribution is -2.67. The summed E-state index contributed by atoms with van der Waals surface area (Å²) in [6, 6.07) is 0. The molecule has 5 heteroatoms. The lowest BCUT2D eigenvalue weighted by molar-refractivity contribution is 0.00368. The van der Waals surface area contributed by atoms with Crippen LogP contribution in [0.1, 0.15) is 33.6 Å². The van der Waals surface area contributed by atoms with E-state index in [1.165, 1.54) is 6.42 Å². The van der Waals surface area contributed by atoms with E-state index in [4.69, 9.17) is 4.74 Å². The molecule has 0 aromatic rings. The van der Waals surface area contributed by atoms with E-state index in [9.17, 15) is 4.79 Å². The zero-order valence-corrected chi connectivity index (χ0v) is 12.7. The van der Waals surface area contributed by atoms with E-state index in [0.29, 0.717) is 0 Å². The first-order valence-electron chi connectivity index (χ1n) is 7.21. The van der Waals surface area contributed by atoms with Gasteiger partial charge in [0.1, 0.15) is 5.60 Å². The van der Waals surface area contributed by atoms with Crippen LogP contribution in [0, 0.1) is 0 Å². The largest absolute Gasteiger partial charge is 0.444 e. The summed E-state index contributed by atoms with van der Waals surface area (Å²) in [7, 11) is 2.15. The highest BCUT2D eigenvalue weighted by Crippen LogP contribution is 2.24. The summed E-state index contributed by atoms with van der Waals surface area (Å²) in [6.07, 6.45) is 2.14. The molecule has 2 fully saturated rings. The Hall–Kier alpha value is -0.810. The fourth-order valence-corrected chi connectivity index (χ4v) is 3.07. The van der Waals surface area contributed by atoms with Crippen molar-refractivity contribution in [3.63, 3.8) is 0 Å². The predicted octanol–water partition coefficient (Wildman–Crippen LogP) is 1.29. The SMILES string of the molecule is CN1CCCC2(C1)CN(C(=O)OC(C)(C)C)CCN2. The van der Waals surface area contributed by atoms with Crippen LogP contribution in [-0.2, 0) is 4.74 Å². The smallest absolute Gasteiger partial charge is 0.410 e. The number of nitrogens with one attached hydrogen (secondary N) is 1. The number of piperazine rings is 1. The summed E-state index contributed by atoms with van der Waals surface area (Å²) in [5.41, 5.74) is -0.360. The van der Waals surface area contributed by atoms with Crippen molar-refractivity contribution in [2.45, 2.75) is 44.8 Å². The molecule has 1 unspecified atom stereocenters. The summed E-state index contributed by atoms with van der Waals surface area (Å²) < 4.78 is 5.48. The van der Waals surface area contributed by atoms with Crippen molar-refractivity contribution in [3.05, 3.63) is 0 Å². The van der Waals surface area contributed by atoms with Crippen LogP contribution in [0.3, 0.4) is 0 Å². The van der Waals surface area contributed by atoms with Crippen molar-refractivity contribution in [1.82, 2.24) is 15.1 Å². The van der Waals surface area contributed by atoms with E-state index in [1.807, 2.05) is 25.7 Å².